The van der Waals surface area contributed by atoms with Crippen LogP contribution in [0.1, 0.15) is 13.8 Å². The molecule has 0 fully saturated rings. The highest BCUT2D eigenvalue weighted by molar-refractivity contribution is 7.99. The minimum Gasteiger partial charge on any atom is -0.391 e. The minimum absolute atomic E-state index is 0.245. The molecule has 0 aliphatic carbocycles. The van der Waals surface area contributed by atoms with E-state index in [-0.39, 0.29) is 6.10 Å². The molecule has 0 spiro atoms. The van der Waals surface area contributed by atoms with E-state index in [0.717, 1.165) is 25.4 Å². The van der Waals surface area contributed by atoms with Crippen LogP contribution in [0.25, 0.3) is 0 Å². The summed E-state index contributed by atoms with van der Waals surface area (Å²) in [6, 6.07) is 10.2. The Morgan fingerprint density at radius 1 is 1.19 bits per heavy atom. The van der Waals surface area contributed by atoms with Gasteiger partial charge in [-0.05, 0) is 25.2 Å². The molecule has 3 heteroatoms. The summed E-state index contributed by atoms with van der Waals surface area (Å²) in [5, 5.41) is 9.88. The third-order valence-corrected chi connectivity index (χ3v) is 3.71. The molecule has 0 heterocycles. The standard InChI is InChI=1S/C13H21NOS/c1-3-14(4-2)10-12(15)11-16-13-8-6-5-7-9-13/h5-9,12,15H,3-4,10-11H2,1-2H3/t12-/m1/s1. The van der Waals surface area contributed by atoms with Gasteiger partial charge in [-0.1, -0.05) is 32.0 Å². The molecule has 1 N–H and O–H groups in total. The first-order chi connectivity index (χ1) is 7.76. The molecule has 2 nitrogen and oxygen atoms in total. The Bertz CT molecular complexity index is 275. The normalized spacial score (nSPS) is 13.0. The van der Waals surface area contributed by atoms with E-state index >= 15 is 0 Å². The summed E-state index contributed by atoms with van der Waals surface area (Å²) >= 11 is 1.71. The van der Waals surface area contributed by atoms with Crippen LogP contribution in [-0.4, -0.2) is 41.5 Å². The molecule has 1 aromatic rings. The zero-order chi connectivity index (χ0) is 11.8. The van der Waals surface area contributed by atoms with E-state index in [0.29, 0.717) is 0 Å². The van der Waals surface area contributed by atoms with E-state index in [1.807, 2.05) is 18.2 Å². The maximum absolute atomic E-state index is 9.88. The van der Waals surface area contributed by atoms with Crippen LogP contribution in [0, 0.1) is 0 Å². The first kappa shape index (κ1) is 13.6. The third-order valence-electron chi connectivity index (χ3n) is 2.55. The predicted octanol–water partition coefficient (Wildman–Crippen LogP) is 2.48. The fourth-order valence-electron chi connectivity index (χ4n) is 1.54. The Hall–Kier alpha value is -0.510. The van der Waals surface area contributed by atoms with E-state index in [1.165, 1.54) is 4.90 Å². The Morgan fingerprint density at radius 3 is 2.38 bits per heavy atom. The van der Waals surface area contributed by atoms with Gasteiger partial charge in [-0.25, -0.2) is 0 Å². The Balaban J connectivity index is 2.27. The maximum atomic E-state index is 9.88. The van der Waals surface area contributed by atoms with Gasteiger partial charge in [-0.2, -0.15) is 0 Å². The number of aliphatic hydroxyl groups is 1. The van der Waals surface area contributed by atoms with E-state index in [9.17, 15) is 5.11 Å². The molecule has 0 bridgehead atoms. The highest BCUT2D eigenvalue weighted by Crippen LogP contribution is 2.18. The first-order valence-electron chi connectivity index (χ1n) is 5.84. The monoisotopic (exact) mass is 239 g/mol. The lowest BCUT2D eigenvalue weighted by Gasteiger charge is -2.21. The van der Waals surface area contributed by atoms with E-state index in [2.05, 4.69) is 30.9 Å². The lowest BCUT2D eigenvalue weighted by atomic mass is 10.3. The molecule has 0 saturated heterocycles. The number of thioether (sulfide) groups is 1. The van der Waals surface area contributed by atoms with E-state index in [1.54, 1.807) is 11.8 Å². The quantitative estimate of drug-likeness (QED) is 0.740. The van der Waals surface area contributed by atoms with Crippen molar-refractivity contribution in [2.45, 2.75) is 24.8 Å². The Kier molecular flexibility index (Phi) is 6.53. The van der Waals surface area contributed by atoms with Gasteiger partial charge in [-0.3, -0.25) is 0 Å². The molecular weight excluding hydrogens is 218 g/mol. The topological polar surface area (TPSA) is 23.5 Å². The number of likely N-dealkylation sites (N-methyl/N-ethyl adjacent to an activating group) is 1. The summed E-state index contributed by atoms with van der Waals surface area (Å²) in [5.41, 5.74) is 0. The van der Waals surface area contributed by atoms with Gasteiger partial charge in [0.2, 0.25) is 0 Å². The van der Waals surface area contributed by atoms with Gasteiger partial charge in [-0.15, -0.1) is 11.8 Å². The molecule has 0 unspecified atom stereocenters. The van der Waals surface area contributed by atoms with E-state index < -0.39 is 0 Å². The number of aliphatic hydroxyl groups excluding tert-OH is 1. The van der Waals surface area contributed by atoms with Gasteiger partial charge in [0.25, 0.3) is 0 Å². The fourth-order valence-corrected chi connectivity index (χ4v) is 2.38. The fraction of sp³-hybridized carbons (Fsp3) is 0.538. The van der Waals surface area contributed by atoms with Gasteiger partial charge in [0.1, 0.15) is 0 Å². The first-order valence-corrected chi connectivity index (χ1v) is 6.83. The van der Waals surface area contributed by atoms with Gasteiger partial charge in [0.05, 0.1) is 6.10 Å². The van der Waals surface area contributed by atoms with Crippen molar-refractivity contribution in [1.29, 1.82) is 0 Å². The highest BCUT2D eigenvalue weighted by Gasteiger charge is 2.08. The highest BCUT2D eigenvalue weighted by atomic mass is 32.2. The van der Waals surface area contributed by atoms with Crippen LogP contribution in [-0.2, 0) is 0 Å². The Labute approximate surface area is 103 Å². The van der Waals surface area contributed by atoms with Crippen LogP contribution in [0.2, 0.25) is 0 Å². The van der Waals surface area contributed by atoms with Crippen LogP contribution in [0.3, 0.4) is 0 Å². The zero-order valence-electron chi connectivity index (χ0n) is 10.1. The molecule has 1 rings (SSSR count). The predicted molar refractivity (Wildman–Crippen MR) is 71.0 cm³/mol. The second-order valence-corrected chi connectivity index (χ2v) is 4.86. The average molecular weight is 239 g/mol. The van der Waals surface area contributed by atoms with Crippen molar-refractivity contribution in [2.24, 2.45) is 0 Å². The summed E-state index contributed by atoms with van der Waals surface area (Å²) < 4.78 is 0. The van der Waals surface area contributed by atoms with Crippen molar-refractivity contribution in [1.82, 2.24) is 4.90 Å². The third kappa shape index (κ3) is 5.01. The molecule has 16 heavy (non-hydrogen) atoms. The molecule has 1 aromatic carbocycles. The Morgan fingerprint density at radius 2 is 1.81 bits per heavy atom. The van der Waals surface area contributed by atoms with Crippen LogP contribution in [0.15, 0.2) is 35.2 Å². The second kappa shape index (κ2) is 7.71. The zero-order valence-corrected chi connectivity index (χ0v) is 10.9. The maximum Gasteiger partial charge on any atom is 0.0760 e. The molecule has 0 amide bonds. The lowest BCUT2D eigenvalue weighted by Crippen LogP contribution is -2.33. The van der Waals surface area contributed by atoms with Gasteiger partial charge < -0.3 is 10.0 Å². The molecular formula is C13H21NOS. The molecule has 0 aliphatic heterocycles. The molecule has 0 aromatic heterocycles. The summed E-state index contributed by atoms with van der Waals surface area (Å²) in [5.74, 6) is 0.764. The number of nitrogens with zero attached hydrogens (tertiary/aromatic N) is 1. The minimum atomic E-state index is -0.245. The lowest BCUT2D eigenvalue weighted by molar-refractivity contribution is 0.137. The molecule has 1 atom stereocenters. The van der Waals surface area contributed by atoms with Crippen molar-refractivity contribution in [3.05, 3.63) is 30.3 Å². The molecule has 90 valence electrons. The number of hydrogen-bond donors (Lipinski definition) is 1. The summed E-state index contributed by atoms with van der Waals surface area (Å²) in [6.07, 6.45) is -0.245. The van der Waals surface area contributed by atoms with Crippen LogP contribution >= 0.6 is 11.8 Å². The smallest absolute Gasteiger partial charge is 0.0760 e. The van der Waals surface area contributed by atoms with Gasteiger partial charge >= 0.3 is 0 Å². The summed E-state index contributed by atoms with van der Waals surface area (Å²) in [6.45, 7) is 7.03. The molecule has 0 aliphatic rings. The van der Waals surface area contributed by atoms with Crippen molar-refractivity contribution in [3.63, 3.8) is 0 Å². The summed E-state index contributed by atoms with van der Waals surface area (Å²) in [4.78, 5) is 3.47. The van der Waals surface area contributed by atoms with Gasteiger partial charge in [0.15, 0.2) is 0 Å². The van der Waals surface area contributed by atoms with Crippen LogP contribution < -0.4 is 0 Å². The van der Waals surface area contributed by atoms with Crippen molar-refractivity contribution in [3.8, 4) is 0 Å². The second-order valence-electron chi connectivity index (χ2n) is 3.76. The summed E-state index contributed by atoms with van der Waals surface area (Å²) in [7, 11) is 0. The molecule has 0 saturated carbocycles. The van der Waals surface area contributed by atoms with Crippen molar-refractivity contribution >= 4 is 11.8 Å². The molecule has 0 radical (unpaired) electrons. The van der Waals surface area contributed by atoms with Crippen molar-refractivity contribution in [2.75, 3.05) is 25.4 Å². The SMILES string of the molecule is CCN(CC)C[C@@H](O)CSc1ccccc1. The van der Waals surface area contributed by atoms with Crippen molar-refractivity contribution < 1.29 is 5.11 Å². The van der Waals surface area contributed by atoms with Gasteiger partial charge in [0, 0.05) is 17.2 Å². The van der Waals surface area contributed by atoms with Crippen LogP contribution in [0.5, 0.6) is 0 Å². The number of benzene rings is 1. The average Bonchev–Trinajstić information content (AvgIpc) is 2.34. The largest absolute Gasteiger partial charge is 0.391 e. The van der Waals surface area contributed by atoms with E-state index in [4.69, 9.17) is 0 Å². The number of rotatable bonds is 7. The number of hydrogen-bond acceptors (Lipinski definition) is 3. The van der Waals surface area contributed by atoms with Crippen LogP contribution in [0.4, 0.5) is 0 Å².